The van der Waals surface area contributed by atoms with Crippen LogP contribution in [-0.4, -0.2) is 29.5 Å². The van der Waals surface area contributed by atoms with Crippen LogP contribution in [0.2, 0.25) is 0 Å². The Morgan fingerprint density at radius 2 is 1.71 bits per heavy atom. The quantitative estimate of drug-likeness (QED) is 0.686. The minimum absolute atomic E-state index is 0.351. The fraction of sp³-hybridized carbons (Fsp3) is 0.300. The third-order valence-corrected chi connectivity index (χ3v) is 6.30. The number of nitrogens with zero attached hydrogens (tertiary/aromatic N) is 3. The lowest BCUT2D eigenvalue weighted by atomic mass is 10.1. The summed E-state index contributed by atoms with van der Waals surface area (Å²) in [4.78, 5) is 0. The second kappa shape index (κ2) is 8.12. The number of hydrogen-bond acceptors (Lipinski definition) is 5. The molecule has 28 heavy (non-hydrogen) atoms. The Labute approximate surface area is 164 Å². The first-order valence-electron chi connectivity index (χ1n) is 9.33. The van der Waals surface area contributed by atoms with Crippen LogP contribution < -0.4 is 4.72 Å². The minimum atomic E-state index is -3.73. The SMILES string of the molecule is O=S(=O)(Nc1ccccc1)N1CCCC[C@H]1c1nnc(Cc2ccccc2)o1. The first kappa shape index (κ1) is 18.6. The molecule has 7 nitrogen and oxygen atoms in total. The number of hydrogen-bond donors (Lipinski definition) is 1. The summed E-state index contributed by atoms with van der Waals surface area (Å²) in [6.07, 6.45) is 2.90. The maximum absolute atomic E-state index is 13.0. The van der Waals surface area contributed by atoms with Gasteiger partial charge in [0.1, 0.15) is 6.04 Å². The molecule has 3 aromatic rings. The molecule has 0 spiro atoms. The predicted octanol–water partition coefficient (Wildman–Crippen LogP) is 3.54. The van der Waals surface area contributed by atoms with Crippen LogP contribution >= 0.6 is 0 Å². The zero-order chi connectivity index (χ0) is 19.4. The van der Waals surface area contributed by atoms with E-state index in [9.17, 15) is 8.42 Å². The molecule has 0 radical (unpaired) electrons. The molecule has 0 bridgehead atoms. The van der Waals surface area contributed by atoms with Gasteiger partial charge in [-0.05, 0) is 30.5 Å². The van der Waals surface area contributed by atoms with Crippen molar-refractivity contribution < 1.29 is 12.8 Å². The van der Waals surface area contributed by atoms with Crippen LogP contribution in [-0.2, 0) is 16.6 Å². The summed E-state index contributed by atoms with van der Waals surface area (Å²) in [5.41, 5.74) is 1.60. The van der Waals surface area contributed by atoms with Crippen molar-refractivity contribution in [2.24, 2.45) is 0 Å². The number of benzene rings is 2. The number of piperidine rings is 1. The number of nitrogens with one attached hydrogen (secondary N) is 1. The van der Waals surface area contributed by atoms with Gasteiger partial charge in [-0.25, -0.2) is 0 Å². The van der Waals surface area contributed by atoms with E-state index in [0.29, 0.717) is 36.9 Å². The van der Waals surface area contributed by atoms with Crippen molar-refractivity contribution in [3.8, 4) is 0 Å². The number of aromatic nitrogens is 2. The minimum Gasteiger partial charge on any atom is -0.423 e. The smallest absolute Gasteiger partial charge is 0.302 e. The maximum Gasteiger partial charge on any atom is 0.302 e. The molecule has 1 aliphatic heterocycles. The Kier molecular flexibility index (Phi) is 5.40. The Morgan fingerprint density at radius 1 is 1.00 bits per heavy atom. The van der Waals surface area contributed by atoms with Crippen molar-refractivity contribution in [1.82, 2.24) is 14.5 Å². The van der Waals surface area contributed by atoms with E-state index < -0.39 is 16.3 Å². The monoisotopic (exact) mass is 398 g/mol. The van der Waals surface area contributed by atoms with E-state index in [1.807, 2.05) is 36.4 Å². The van der Waals surface area contributed by atoms with Crippen LogP contribution in [0, 0.1) is 0 Å². The van der Waals surface area contributed by atoms with Gasteiger partial charge in [-0.15, -0.1) is 10.2 Å². The molecular weight excluding hydrogens is 376 g/mol. The van der Waals surface area contributed by atoms with Crippen molar-refractivity contribution in [2.75, 3.05) is 11.3 Å². The number of rotatable bonds is 6. The van der Waals surface area contributed by atoms with Crippen molar-refractivity contribution in [3.05, 3.63) is 78.0 Å². The first-order valence-corrected chi connectivity index (χ1v) is 10.8. The molecule has 0 saturated carbocycles. The van der Waals surface area contributed by atoms with E-state index in [-0.39, 0.29) is 0 Å². The average Bonchev–Trinajstić information content (AvgIpc) is 3.18. The standard InChI is InChI=1S/C20H22N4O3S/c25-28(26,23-17-11-5-2-6-12-17)24-14-8-7-13-18(24)20-22-21-19(27-20)15-16-9-3-1-4-10-16/h1-6,9-12,18,23H,7-8,13-15H2/t18-/m0/s1. The first-order chi connectivity index (χ1) is 13.6. The van der Waals surface area contributed by atoms with E-state index in [4.69, 9.17) is 4.42 Å². The lowest BCUT2D eigenvalue weighted by Crippen LogP contribution is -2.41. The topological polar surface area (TPSA) is 88.3 Å². The third-order valence-electron chi connectivity index (χ3n) is 4.75. The van der Waals surface area contributed by atoms with Crippen LogP contribution in [0.4, 0.5) is 5.69 Å². The van der Waals surface area contributed by atoms with Crippen LogP contribution in [0.5, 0.6) is 0 Å². The summed E-state index contributed by atoms with van der Waals surface area (Å²) in [7, 11) is -3.73. The second-order valence-corrected chi connectivity index (χ2v) is 8.42. The van der Waals surface area contributed by atoms with Gasteiger partial charge < -0.3 is 4.42 Å². The molecule has 1 fully saturated rings. The summed E-state index contributed by atoms with van der Waals surface area (Å²) < 4.78 is 35.8. The Balaban J connectivity index is 1.54. The molecule has 1 aromatic heterocycles. The van der Waals surface area contributed by atoms with Gasteiger partial charge in [0.05, 0.1) is 6.42 Å². The molecule has 0 amide bonds. The molecule has 1 N–H and O–H groups in total. The maximum atomic E-state index is 13.0. The molecule has 4 rings (SSSR count). The molecule has 0 unspecified atom stereocenters. The molecule has 8 heteroatoms. The van der Waals surface area contributed by atoms with Gasteiger partial charge in [-0.2, -0.15) is 12.7 Å². The molecule has 1 atom stereocenters. The van der Waals surface area contributed by atoms with Gasteiger partial charge in [0, 0.05) is 12.2 Å². The summed E-state index contributed by atoms with van der Waals surface area (Å²) >= 11 is 0. The van der Waals surface area contributed by atoms with Crippen molar-refractivity contribution >= 4 is 15.9 Å². The molecule has 2 aromatic carbocycles. The molecule has 2 heterocycles. The predicted molar refractivity (Wildman–Crippen MR) is 106 cm³/mol. The van der Waals surface area contributed by atoms with Gasteiger partial charge in [-0.1, -0.05) is 55.0 Å². The van der Waals surface area contributed by atoms with Crippen LogP contribution in [0.1, 0.15) is 42.6 Å². The van der Waals surface area contributed by atoms with E-state index in [1.165, 1.54) is 4.31 Å². The highest BCUT2D eigenvalue weighted by Crippen LogP contribution is 2.33. The summed E-state index contributed by atoms with van der Waals surface area (Å²) in [6, 6.07) is 18.3. The van der Waals surface area contributed by atoms with Crippen LogP contribution in [0.3, 0.4) is 0 Å². The highest BCUT2D eigenvalue weighted by molar-refractivity contribution is 7.90. The Bertz CT molecular complexity index is 1010. The fourth-order valence-electron chi connectivity index (χ4n) is 3.40. The molecular formula is C20H22N4O3S. The van der Waals surface area contributed by atoms with Crippen molar-refractivity contribution in [2.45, 2.75) is 31.7 Å². The summed E-state index contributed by atoms with van der Waals surface area (Å²) in [6.45, 7) is 0.420. The van der Waals surface area contributed by atoms with Gasteiger partial charge >= 0.3 is 10.2 Å². The molecule has 146 valence electrons. The Morgan fingerprint density at radius 3 is 2.46 bits per heavy atom. The van der Waals surface area contributed by atoms with Gasteiger partial charge in [-0.3, -0.25) is 4.72 Å². The van der Waals surface area contributed by atoms with Gasteiger partial charge in [0.25, 0.3) is 0 Å². The normalized spacial score (nSPS) is 18.1. The molecule has 1 saturated heterocycles. The lowest BCUT2D eigenvalue weighted by Gasteiger charge is -2.32. The highest BCUT2D eigenvalue weighted by atomic mass is 32.2. The van der Waals surface area contributed by atoms with Crippen molar-refractivity contribution in [3.63, 3.8) is 0 Å². The second-order valence-electron chi connectivity index (χ2n) is 6.79. The van der Waals surface area contributed by atoms with Crippen molar-refractivity contribution in [1.29, 1.82) is 0 Å². The zero-order valence-corrected chi connectivity index (χ0v) is 16.2. The lowest BCUT2D eigenvalue weighted by molar-refractivity contribution is 0.218. The summed E-state index contributed by atoms with van der Waals surface area (Å²) in [5, 5.41) is 8.28. The zero-order valence-electron chi connectivity index (χ0n) is 15.4. The highest BCUT2D eigenvalue weighted by Gasteiger charge is 2.36. The number of anilines is 1. The molecule has 1 aliphatic rings. The van der Waals surface area contributed by atoms with E-state index in [1.54, 1.807) is 24.3 Å². The van der Waals surface area contributed by atoms with E-state index in [0.717, 1.165) is 18.4 Å². The van der Waals surface area contributed by atoms with Gasteiger partial charge in [0.15, 0.2) is 0 Å². The summed E-state index contributed by atoms with van der Waals surface area (Å²) in [5.74, 6) is 0.837. The van der Waals surface area contributed by atoms with Crippen LogP contribution in [0.25, 0.3) is 0 Å². The van der Waals surface area contributed by atoms with E-state index >= 15 is 0 Å². The molecule has 0 aliphatic carbocycles. The van der Waals surface area contributed by atoms with Crippen LogP contribution in [0.15, 0.2) is 65.1 Å². The van der Waals surface area contributed by atoms with Gasteiger partial charge in [0.2, 0.25) is 11.8 Å². The number of para-hydroxylation sites is 1. The Hall–Kier alpha value is -2.71. The fourth-order valence-corrected chi connectivity index (χ4v) is 4.85. The third kappa shape index (κ3) is 4.23. The van der Waals surface area contributed by atoms with E-state index in [2.05, 4.69) is 14.9 Å². The average molecular weight is 398 g/mol. The largest absolute Gasteiger partial charge is 0.423 e.